The second-order valence-electron chi connectivity index (χ2n) is 4.41. The Bertz CT molecular complexity index is 801. The number of nitrogens with zero attached hydrogens (tertiary/aromatic N) is 2. The summed E-state index contributed by atoms with van der Waals surface area (Å²) in [5, 5.41) is 12.1. The van der Waals surface area contributed by atoms with E-state index in [1.54, 1.807) is 6.07 Å². The van der Waals surface area contributed by atoms with Crippen molar-refractivity contribution in [3.63, 3.8) is 0 Å². The van der Waals surface area contributed by atoms with E-state index in [1.807, 2.05) is 36.4 Å². The first-order valence-corrected chi connectivity index (χ1v) is 6.92. The van der Waals surface area contributed by atoms with E-state index in [1.165, 1.54) is 0 Å². The van der Waals surface area contributed by atoms with Crippen molar-refractivity contribution in [2.24, 2.45) is 0 Å². The van der Waals surface area contributed by atoms with E-state index < -0.39 is 0 Å². The van der Waals surface area contributed by atoms with Gasteiger partial charge in [0, 0.05) is 11.0 Å². The number of anilines is 1. The fourth-order valence-corrected chi connectivity index (χ4v) is 2.36. The Labute approximate surface area is 124 Å². The van der Waals surface area contributed by atoms with Crippen LogP contribution in [0, 0.1) is 11.3 Å². The van der Waals surface area contributed by atoms with Crippen molar-refractivity contribution >= 4 is 32.9 Å². The molecule has 2 N–H and O–H groups in total. The molecule has 0 aliphatic carbocycles. The number of halogens is 1. The third-order valence-electron chi connectivity index (χ3n) is 2.96. The van der Waals surface area contributed by atoms with E-state index in [2.05, 4.69) is 37.3 Å². The molecule has 3 aromatic rings. The van der Waals surface area contributed by atoms with Gasteiger partial charge >= 0.3 is 0 Å². The van der Waals surface area contributed by atoms with Crippen LogP contribution < -0.4 is 5.32 Å². The Morgan fingerprint density at radius 1 is 1.25 bits per heavy atom. The number of benzene rings is 2. The Kier molecular flexibility index (Phi) is 3.40. The maximum absolute atomic E-state index is 8.88. The van der Waals surface area contributed by atoms with Gasteiger partial charge in [-0.3, -0.25) is 0 Å². The first-order valence-electron chi connectivity index (χ1n) is 6.13. The molecule has 0 unspecified atom stereocenters. The largest absolute Gasteiger partial charge is 0.352 e. The summed E-state index contributed by atoms with van der Waals surface area (Å²) in [6.45, 7) is 0.622. The second kappa shape index (κ2) is 5.35. The van der Waals surface area contributed by atoms with Crippen LogP contribution in [0.3, 0.4) is 0 Å². The summed E-state index contributed by atoms with van der Waals surface area (Å²) in [6.07, 6.45) is 0. The molecule has 0 aliphatic rings. The highest BCUT2D eigenvalue weighted by molar-refractivity contribution is 9.10. The number of hydrogen-bond donors (Lipinski definition) is 2. The molecular formula is C15H11BrN4. The van der Waals surface area contributed by atoms with Gasteiger partial charge in [-0.15, -0.1) is 0 Å². The van der Waals surface area contributed by atoms with Crippen molar-refractivity contribution in [3.8, 4) is 6.07 Å². The van der Waals surface area contributed by atoms with Crippen LogP contribution >= 0.6 is 15.9 Å². The highest BCUT2D eigenvalue weighted by Crippen LogP contribution is 2.19. The summed E-state index contributed by atoms with van der Waals surface area (Å²) >= 11 is 3.43. The molecule has 20 heavy (non-hydrogen) atoms. The number of nitriles is 1. The van der Waals surface area contributed by atoms with Gasteiger partial charge in [0.2, 0.25) is 5.95 Å². The summed E-state index contributed by atoms with van der Waals surface area (Å²) in [7, 11) is 0. The Hall–Kier alpha value is -2.32. The molecule has 98 valence electrons. The molecule has 0 radical (unpaired) electrons. The summed E-state index contributed by atoms with van der Waals surface area (Å²) in [5.41, 5.74) is 3.61. The van der Waals surface area contributed by atoms with E-state index in [9.17, 15) is 0 Å². The Balaban J connectivity index is 1.78. The van der Waals surface area contributed by atoms with E-state index >= 15 is 0 Å². The van der Waals surface area contributed by atoms with Crippen molar-refractivity contribution in [2.75, 3.05) is 5.32 Å². The molecular weight excluding hydrogens is 316 g/mol. The van der Waals surface area contributed by atoms with E-state index in [4.69, 9.17) is 5.26 Å². The van der Waals surface area contributed by atoms with Crippen molar-refractivity contribution in [2.45, 2.75) is 6.54 Å². The summed E-state index contributed by atoms with van der Waals surface area (Å²) in [6, 6.07) is 15.6. The van der Waals surface area contributed by atoms with Crippen LogP contribution in [-0.2, 0) is 6.54 Å². The number of aromatic nitrogens is 2. The summed E-state index contributed by atoms with van der Waals surface area (Å²) in [5.74, 6) is 0.723. The zero-order chi connectivity index (χ0) is 13.9. The molecule has 5 heteroatoms. The quantitative estimate of drug-likeness (QED) is 0.769. The SMILES string of the molecule is N#Cc1cccc(CNc2nc3ccc(Br)cc3[nH]2)c1. The highest BCUT2D eigenvalue weighted by Gasteiger charge is 2.03. The average Bonchev–Trinajstić information content (AvgIpc) is 2.87. The molecule has 0 aliphatic heterocycles. The summed E-state index contributed by atoms with van der Waals surface area (Å²) in [4.78, 5) is 7.68. The van der Waals surface area contributed by atoms with Gasteiger partial charge in [0.1, 0.15) is 0 Å². The third-order valence-corrected chi connectivity index (χ3v) is 3.45. The van der Waals surface area contributed by atoms with Crippen molar-refractivity contribution in [3.05, 3.63) is 58.1 Å². The highest BCUT2D eigenvalue weighted by atomic mass is 79.9. The molecule has 1 heterocycles. The minimum Gasteiger partial charge on any atom is -0.352 e. The molecule has 0 fully saturated rings. The molecule has 0 saturated carbocycles. The van der Waals surface area contributed by atoms with Gasteiger partial charge in [0.25, 0.3) is 0 Å². The van der Waals surface area contributed by atoms with Crippen molar-refractivity contribution < 1.29 is 0 Å². The number of hydrogen-bond acceptors (Lipinski definition) is 3. The maximum atomic E-state index is 8.88. The molecule has 0 spiro atoms. The van der Waals surface area contributed by atoms with Gasteiger partial charge in [-0.25, -0.2) is 4.98 Å². The predicted molar refractivity (Wildman–Crippen MR) is 82.3 cm³/mol. The van der Waals surface area contributed by atoms with Crippen LogP contribution in [0.5, 0.6) is 0 Å². The molecule has 0 bridgehead atoms. The second-order valence-corrected chi connectivity index (χ2v) is 5.33. The summed E-state index contributed by atoms with van der Waals surface area (Å²) < 4.78 is 1.02. The van der Waals surface area contributed by atoms with Gasteiger partial charge in [-0.1, -0.05) is 28.1 Å². The van der Waals surface area contributed by atoms with Gasteiger partial charge < -0.3 is 10.3 Å². The zero-order valence-corrected chi connectivity index (χ0v) is 12.1. The van der Waals surface area contributed by atoms with E-state index in [0.29, 0.717) is 12.1 Å². The van der Waals surface area contributed by atoms with Crippen LogP contribution in [0.25, 0.3) is 11.0 Å². The molecule has 0 saturated heterocycles. The van der Waals surface area contributed by atoms with E-state index in [0.717, 1.165) is 27.0 Å². The van der Waals surface area contributed by atoms with Gasteiger partial charge in [0.05, 0.1) is 22.7 Å². The lowest BCUT2D eigenvalue weighted by atomic mass is 10.1. The van der Waals surface area contributed by atoms with Crippen LogP contribution in [-0.4, -0.2) is 9.97 Å². The first-order chi connectivity index (χ1) is 9.74. The molecule has 3 rings (SSSR count). The number of fused-ring (bicyclic) bond motifs is 1. The molecule has 0 atom stereocenters. The van der Waals surface area contributed by atoms with Crippen LogP contribution in [0.2, 0.25) is 0 Å². The van der Waals surface area contributed by atoms with Gasteiger partial charge in [-0.2, -0.15) is 5.26 Å². The maximum Gasteiger partial charge on any atom is 0.201 e. The lowest BCUT2D eigenvalue weighted by Crippen LogP contribution is -2.00. The Morgan fingerprint density at radius 2 is 2.15 bits per heavy atom. The minimum absolute atomic E-state index is 0.622. The number of H-pyrrole nitrogens is 1. The number of aromatic amines is 1. The molecule has 2 aromatic carbocycles. The third kappa shape index (κ3) is 2.65. The van der Waals surface area contributed by atoms with Crippen LogP contribution in [0.15, 0.2) is 46.9 Å². The lowest BCUT2D eigenvalue weighted by molar-refractivity contribution is 1.10. The van der Waals surface area contributed by atoms with Crippen LogP contribution in [0.4, 0.5) is 5.95 Å². The minimum atomic E-state index is 0.622. The normalized spacial score (nSPS) is 10.4. The van der Waals surface area contributed by atoms with Crippen molar-refractivity contribution in [1.29, 1.82) is 5.26 Å². The fraction of sp³-hybridized carbons (Fsp3) is 0.0667. The van der Waals surface area contributed by atoms with Crippen molar-refractivity contribution in [1.82, 2.24) is 9.97 Å². The van der Waals surface area contributed by atoms with Crippen LogP contribution in [0.1, 0.15) is 11.1 Å². The Morgan fingerprint density at radius 3 is 3.00 bits per heavy atom. The smallest absolute Gasteiger partial charge is 0.201 e. The first kappa shape index (κ1) is 12.7. The number of nitrogens with one attached hydrogen (secondary N) is 2. The number of imidazole rings is 1. The van der Waals surface area contributed by atoms with E-state index in [-0.39, 0.29) is 0 Å². The average molecular weight is 327 g/mol. The monoisotopic (exact) mass is 326 g/mol. The molecule has 4 nitrogen and oxygen atoms in total. The molecule has 1 aromatic heterocycles. The fourth-order valence-electron chi connectivity index (χ4n) is 2.00. The standard InChI is InChI=1S/C15H11BrN4/c16-12-4-5-13-14(7-12)20-15(19-13)18-9-11-3-1-2-10(6-11)8-17/h1-7H,9H2,(H2,18,19,20). The van der Waals surface area contributed by atoms with Gasteiger partial charge in [0.15, 0.2) is 0 Å². The zero-order valence-electron chi connectivity index (χ0n) is 10.5. The lowest BCUT2D eigenvalue weighted by Gasteiger charge is -2.03. The van der Waals surface area contributed by atoms with Gasteiger partial charge in [-0.05, 0) is 35.9 Å². The molecule has 0 amide bonds. The predicted octanol–water partition coefficient (Wildman–Crippen LogP) is 3.81. The number of rotatable bonds is 3. The topological polar surface area (TPSA) is 64.5 Å².